The SMILES string of the molecule is CC1NCCNC1c1ccc2c(c1)OCO2. The van der Waals surface area contributed by atoms with Crippen LogP contribution in [-0.2, 0) is 0 Å². The molecule has 4 nitrogen and oxygen atoms in total. The van der Waals surface area contributed by atoms with Crippen molar-refractivity contribution in [1.82, 2.24) is 10.6 Å². The van der Waals surface area contributed by atoms with Gasteiger partial charge >= 0.3 is 0 Å². The van der Waals surface area contributed by atoms with Crippen LogP contribution in [0.25, 0.3) is 0 Å². The van der Waals surface area contributed by atoms with Gasteiger partial charge in [-0.2, -0.15) is 0 Å². The zero-order chi connectivity index (χ0) is 11.0. The molecule has 0 amide bonds. The van der Waals surface area contributed by atoms with E-state index >= 15 is 0 Å². The van der Waals surface area contributed by atoms with E-state index < -0.39 is 0 Å². The zero-order valence-corrected chi connectivity index (χ0v) is 9.32. The van der Waals surface area contributed by atoms with Crippen LogP contribution in [0.2, 0.25) is 0 Å². The van der Waals surface area contributed by atoms with Gasteiger partial charge in [0, 0.05) is 25.2 Å². The summed E-state index contributed by atoms with van der Waals surface area (Å²) in [6.45, 7) is 4.57. The van der Waals surface area contributed by atoms with Gasteiger partial charge in [-0.05, 0) is 24.6 Å². The van der Waals surface area contributed by atoms with Crippen molar-refractivity contribution in [2.24, 2.45) is 0 Å². The highest BCUT2D eigenvalue weighted by Gasteiger charge is 2.24. The molecule has 4 heteroatoms. The maximum Gasteiger partial charge on any atom is 0.231 e. The Morgan fingerprint density at radius 2 is 1.94 bits per heavy atom. The molecule has 1 fully saturated rings. The standard InChI is InChI=1S/C12H16N2O2/c1-8-12(14-5-4-13-8)9-2-3-10-11(6-9)16-7-15-10/h2-3,6,8,12-14H,4-5,7H2,1H3. The third-order valence-electron chi connectivity index (χ3n) is 3.21. The molecule has 2 N–H and O–H groups in total. The Bertz CT molecular complexity index is 395. The van der Waals surface area contributed by atoms with E-state index in [1.807, 2.05) is 6.07 Å². The van der Waals surface area contributed by atoms with Gasteiger partial charge in [-0.1, -0.05) is 6.07 Å². The number of ether oxygens (including phenoxy) is 2. The van der Waals surface area contributed by atoms with Crippen LogP contribution in [0.4, 0.5) is 0 Å². The Labute approximate surface area is 94.9 Å². The third kappa shape index (κ3) is 1.64. The fraction of sp³-hybridized carbons (Fsp3) is 0.500. The quantitative estimate of drug-likeness (QED) is 0.742. The van der Waals surface area contributed by atoms with E-state index in [1.54, 1.807) is 0 Å². The van der Waals surface area contributed by atoms with E-state index in [9.17, 15) is 0 Å². The maximum absolute atomic E-state index is 5.39. The number of rotatable bonds is 1. The summed E-state index contributed by atoms with van der Waals surface area (Å²) in [5.74, 6) is 1.71. The number of fused-ring (bicyclic) bond motifs is 1. The molecule has 0 aliphatic carbocycles. The first-order valence-corrected chi connectivity index (χ1v) is 5.71. The summed E-state index contributed by atoms with van der Waals surface area (Å²) >= 11 is 0. The summed E-state index contributed by atoms with van der Waals surface area (Å²) in [6.07, 6.45) is 0. The van der Waals surface area contributed by atoms with Crippen molar-refractivity contribution in [2.75, 3.05) is 19.9 Å². The molecule has 3 rings (SSSR count). The minimum Gasteiger partial charge on any atom is -0.454 e. The zero-order valence-electron chi connectivity index (χ0n) is 9.32. The molecular weight excluding hydrogens is 204 g/mol. The lowest BCUT2D eigenvalue weighted by Crippen LogP contribution is -2.48. The Hall–Kier alpha value is -1.26. The van der Waals surface area contributed by atoms with Gasteiger partial charge in [0.15, 0.2) is 11.5 Å². The normalized spacial score (nSPS) is 28.1. The van der Waals surface area contributed by atoms with E-state index in [2.05, 4.69) is 29.7 Å². The smallest absolute Gasteiger partial charge is 0.231 e. The van der Waals surface area contributed by atoms with Gasteiger partial charge in [-0.25, -0.2) is 0 Å². The van der Waals surface area contributed by atoms with Crippen molar-refractivity contribution in [3.8, 4) is 11.5 Å². The molecular formula is C12H16N2O2. The van der Waals surface area contributed by atoms with Crippen LogP contribution in [0.5, 0.6) is 11.5 Å². The van der Waals surface area contributed by atoms with Crippen LogP contribution in [0, 0.1) is 0 Å². The summed E-state index contributed by atoms with van der Waals surface area (Å²) in [5, 5.41) is 6.98. The minimum atomic E-state index is 0.338. The van der Waals surface area contributed by atoms with Crippen molar-refractivity contribution < 1.29 is 9.47 Å². The molecule has 1 aromatic carbocycles. The summed E-state index contributed by atoms with van der Waals surface area (Å²) < 4.78 is 10.7. The van der Waals surface area contributed by atoms with Gasteiger partial charge in [-0.3, -0.25) is 0 Å². The van der Waals surface area contributed by atoms with Crippen LogP contribution in [-0.4, -0.2) is 25.9 Å². The second-order valence-corrected chi connectivity index (χ2v) is 4.29. The topological polar surface area (TPSA) is 42.5 Å². The molecule has 2 aliphatic heterocycles. The number of hydrogen-bond acceptors (Lipinski definition) is 4. The van der Waals surface area contributed by atoms with Crippen molar-refractivity contribution in [2.45, 2.75) is 19.0 Å². The fourth-order valence-corrected chi connectivity index (χ4v) is 2.34. The molecule has 2 unspecified atom stereocenters. The molecule has 0 spiro atoms. The highest BCUT2D eigenvalue weighted by molar-refractivity contribution is 5.45. The van der Waals surface area contributed by atoms with Crippen molar-refractivity contribution in [3.05, 3.63) is 23.8 Å². The Morgan fingerprint density at radius 1 is 1.12 bits per heavy atom. The molecule has 0 saturated carbocycles. The van der Waals surface area contributed by atoms with Crippen molar-refractivity contribution >= 4 is 0 Å². The van der Waals surface area contributed by atoms with Gasteiger partial charge in [-0.15, -0.1) is 0 Å². The number of hydrogen-bond donors (Lipinski definition) is 2. The average molecular weight is 220 g/mol. The minimum absolute atomic E-state index is 0.338. The summed E-state index contributed by atoms with van der Waals surface area (Å²) in [6, 6.07) is 6.95. The highest BCUT2D eigenvalue weighted by atomic mass is 16.7. The predicted molar refractivity (Wildman–Crippen MR) is 60.8 cm³/mol. The lowest BCUT2D eigenvalue weighted by atomic mass is 9.98. The van der Waals surface area contributed by atoms with Crippen molar-refractivity contribution in [3.63, 3.8) is 0 Å². The van der Waals surface area contributed by atoms with Gasteiger partial charge in [0.25, 0.3) is 0 Å². The first-order valence-electron chi connectivity index (χ1n) is 5.71. The lowest BCUT2D eigenvalue weighted by Gasteiger charge is -2.31. The van der Waals surface area contributed by atoms with Crippen LogP contribution >= 0.6 is 0 Å². The van der Waals surface area contributed by atoms with E-state index in [-0.39, 0.29) is 0 Å². The number of nitrogens with one attached hydrogen (secondary N) is 2. The maximum atomic E-state index is 5.39. The van der Waals surface area contributed by atoms with Crippen LogP contribution in [0.15, 0.2) is 18.2 Å². The fourth-order valence-electron chi connectivity index (χ4n) is 2.34. The Morgan fingerprint density at radius 3 is 2.81 bits per heavy atom. The van der Waals surface area contributed by atoms with Gasteiger partial charge in [0.2, 0.25) is 6.79 Å². The molecule has 1 aromatic rings. The monoisotopic (exact) mass is 220 g/mol. The summed E-state index contributed by atoms with van der Waals surface area (Å²) in [5.41, 5.74) is 1.25. The second kappa shape index (κ2) is 3.96. The van der Waals surface area contributed by atoms with Gasteiger partial charge in [0.1, 0.15) is 0 Å². The predicted octanol–water partition coefficient (Wildman–Crippen LogP) is 1.04. The molecule has 0 aromatic heterocycles. The van der Waals surface area contributed by atoms with E-state index in [0.717, 1.165) is 24.6 Å². The van der Waals surface area contributed by atoms with E-state index in [1.165, 1.54) is 5.56 Å². The van der Waals surface area contributed by atoms with E-state index in [0.29, 0.717) is 18.9 Å². The first-order chi connectivity index (χ1) is 7.84. The molecule has 0 radical (unpaired) electrons. The van der Waals surface area contributed by atoms with Crippen molar-refractivity contribution in [1.29, 1.82) is 0 Å². The number of piperazine rings is 1. The molecule has 86 valence electrons. The largest absolute Gasteiger partial charge is 0.454 e. The third-order valence-corrected chi connectivity index (χ3v) is 3.21. The Kier molecular flexibility index (Phi) is 2.46. The average Bonchev–Trinajstić information content (AvgIpc) is 2.76. The van der Waals surface area contributed by atoms with Crippen LogP contribution < -0.4 is 20.1 Å². The molecule has 2 aliphatic rings. The second-order valence-electron chi connectivity index (χ2n) is 4.29. The number of benzene rings is 1. The molecule has 2 heterocycles. The lowest BCUT2D eigenvalue weighted by molar-refractivity contribution is 0.174. The van der Waals surface area contributed by atoms with Crippen LogP contribution in [0.1, 0.15) is 18.5 Å². The van der Waals surface area contributed by atoms with E-state index in [4.69, 9.17) is 9.47 Å². The first kappa shape index (κ1) is 9.93. The molecule has 16 heavy (non-hydrogen) atoms. The van der Waals surface area contributed by atoms with Gasteiger partial charge in [0.05, 0.1) is 0 Å². The molecule has 1 saturated heterocycles. The van der Waals surface area contributed by atoms with Gasteiger partial charge < -0.3 is 20.1 Å². The highest BCUT2D eigenvalue weighted by Crippen LogP contribution is 2.34. The summed E-state index contributed by atoms with van der Waals surface area (Å²) in [4.78, 5) is 0. The Balaban J connectivity index is 1.88. The molecule has 2 atom stereocenters. The van der Waals surface area contributed by atoms with Crippen LogP contribution in [0.3, 0.4) is 0 Å². The summed E-state index contributed by atoms with van der Waals surface area (Å²) in [7, 11) is 0. The molecule has 0 bridgehead atoms.